The first kappa shape index (κ1) is 21.1. The highest BCUT2D eigenvalue weighted by Crippen LogP contribution is 2.54. The molecule has 0 radical (unpaired) electrons. The number of benzene rings is 1. The lowest BCUT2D eigenvalue weighted by molar-refractivity contribution is -0.474. The summed E-state index contributed by atoms with van der Waals surface area (Å²) < 4.78 is 15.4. The Morgan fingerprint density at radius 1 is 1.38 bits per heavy atom. The van der Waals surface area contributed by atoms with Crippen molar-refractivity contribution in [3.63, 3.8) is 0 Å². The maximum absolute atomic E-state index is 13.4. The van der Waals surface area contributed by atoms with E-state index in [9.17, 15) is 14.3 Å². The Hall–Kier alpha value is -2.78. The van der Waals surface area contributed by atoms with E-state index in [1.165, 1.54) is 18.2 Å². The van der Waals surface area contributed by atoms with Gasteiger partial charge in [0.15, 0.2) is 5.82 Å². The van der Waals surface area contributed by atoms with Gasteiger partial charge in [0.1, 0.15) is 23.5 Å². The number of nitrogens with one attached hydrogen (secondary N) is 2. The summed E-state index contributed by atoms with van der Waals surface area (Å²) in [5.41, 5.74) is 7.40. The number of H-pyrrole nitrogens is 1. The molecule has 1 aromatic carbocycles. The second-order valence-corrected chi connectivity index (χ2v) is 9.62. The normalized spacial score (nSPS) is 29.1. The van der Waals surface area contributed by atoms with Crippen molar-refractivity contribution in [3.05, 3.63) is 40.3 Å². The monoisotopic (exact) mass is 459 g/mol. The van der Waals surface area contributed by atoms with Crippen LogP contribution in [0.5, 0.6) is 0 Å². The lowest BCUT2D eigenvalue weighted by Crippen LogP contribution is -2.39. The van der Waals surface area contributed by atoms with E-state index in [1.807, 2.05) is 11.6 Å². The molecular formula is C22H25ClFN6O2+. The number of carbonyl (C=O) groups excluding carboxylic acids is 1. The molecule has 5 rings (SSSR count). The van der Waals surface area contributed by atoms with Crippen molar-refractivity contribution in [2.24, 2.45) is 16.8 Å². The number of fused-ring (bicyclic) bond motifs is 1. The Morgan fingerprint density at radius 2 is 2.09 bits per heavy atom. The summed E-state index contributed by atoms with van der Waals surface area (Å²) in [6.45, 7) is 0.661. The Balaban J connectivity index is 1.30. The summed E-state index contributed by atoms with van der Waals surface area (Å²) in [4.78, 5) is 17.4. The van der Waals surface area contributed by atoms with Crippen molar-refractivity contribution in [1.29, 1.82) is 0 Å². The molecule has 2 aliphatic carbocycles. The van der Waals surface area contributed by atoms with Crippen LogP contribution in [0.2, 0.25) is 5.02 Å². The Morgan fingerprint density at radius 3 is 2.72 bits per heavy atom. The molecular weight excluding hydrogens is 435 g/mol. The molecule has 5 N–H and O–H groups in total. The molecule has 32 heavy (non-hydrogen) atoms. The van der Waals surface area contributed by atoms with Gasteiger partial charge >= 0.3 is 0 Å². The average Bonchev–Trinajstić information content (AvgIpc) is 3.48. The standard InChI is InChI=1S/C22H24ClFN6O2/c1-30-9-17(26-10-30)22(32)7-12-4-11(5-13(12)8-22)19-18(20(25)29-28-19)21(31)27-14-2-3-16(24)15(23)6-14/h2-3,6,10-13,32H,4-5,7-9H2,1H3,(H3-,25,27,28,29,31)/p+1. The number of halogens is 2. The van der Waals surface area contributed by atoms with Crippen molar-refractivity contribution in [1.82, 2.24) is 10.2 Å². The predicted octanol–water partition coefficient (Wildman–Crippen LogP) is 2.80. The molecule has 2 heterocycles. The fourth-order valence-corrected chi connectivity index (χ4v) is 5.74. The van der Waals surface area contributed by atoms with E-state index in [1.54, 1.807) is 6.34 Å². The van der Waals surface area contributed by atoms with Gasteiger partial charge in [-0.2, -0.15) is 5.10 Å². The number of amides is 1. The lowest BCUT2D eigenvalue weighted by atomic mass is 9.88. The lowest BCUT2D eigenvalue weighted by Gasteiger charge is -2.21. The first-order chi connectivity index (χ1) is 15.2. The van der Waals surface area contributed by atoms with Crippen molar-refractivity contribution in [2.45, 2.75) is 37.2 Å². The zero-order valence-electron chi connectivity index (χ0n) is 17.6. The summed E-state index contributed by atoms with van der Waals surface area (Å²) in [5.74, 6) is -0.0696. The molecule has 168 valence electrons. The van der Waals surface area contributed by atoms with Gasteiger partial charge < -0.3 is 16.2 Å². The van der Waals surface area contributed by atoms with Gasteiger partial charge in [-0.25, -0.2) is 4.39 Å². The molecule has 10 heteroatoms. The van der Waals surface area contributed by atoms with Gasteiger partial charge in [-0.1, -0.05) is 16.6 Å². The molecule has 1 amide bonds. The van der Waals surface area contributed by atoms with E-state index in [4.69, 9.17) is 17.3 Å². The van der Waals surface area contributed by atoms with Crippen molar-refractivity contribution in [2.75, 3.05) is 24.6 Å². The Labute approximate surface area is 189 Å². The number of nitrogen functional groups attached to an aromatic ring is 1. The number of hydrogen-bond donors (Lipinski definition) is 4. The van der Waals surface area contributed by atoms with Crippen LogP contribution in [-0.4, -0.2) is 57.0 Å². The number of anilines is 2. The van der Waals surface area contributed by atoms with Crippen LogP contribution in [0.3, 0.4) is 0 Å². The van der Waals surface area contributed by atoms with Gasteiger partial charge in [0.05, 0.1) is 17.8 Å². The molecule has 2 saturated carbocycles. The third-order valence-electron chi connectivity index (χ3n) is 7.02. The second kappa shape index (κ2) is 7.67. The number of aromatic nitrogens is 2. The van der Waals surface area contributed by atoms with Crippen LogP contribution in [0.15, 0.2) is 23.2 Å². The van der Waals surface area contributed by atoms with Crippen LogP contribution < -0.4 is 11.1 Å². The molecule has 3 aliphatic rings. The van der Waals surface area contributed by atoms with Gasteiger partial charge in [0, 0.05) is 11.6 Å². The summed E-state index contributed by atoms with van der Waals surface area (Å²) in [7, 11) is 1.95. The Bertz CT molecular complexity index is 1150. The van der Waals surface area contributed by atoms with E-state index < -0.39 is 17.3 Å². The number of rotatable bonds is 4. The quantitative estimate of drug-likeness (QED) is 0.525. The molecule has 2 aromatic rings. The van der Waals surface area contributed by atoms with E-state index in [-0.39, 0.29) is 16.8 Å². The minimum Gasteiger partial charge on any atom is -0.382 e. The number of aliphatic imine (C=N–C) groups is 1. The van der Waals surface area contributed by atoms with E-state index >= 15 is 0 Å². The highest BCUT2D eigenvalue weighted by atomic mass is 35.5. The number of aromatic amines is 1. The minimum absolute atomic E-state index is 0.0741. The van der Waals surface area contributed by atoms with Crippen molar-refractivity contribution >= 4 is 41.1 Å². The predicted molar refractivity (Wildman–Crippen MR) is 120 cm³/mol. The molecule has 2 unspecified atom stereocenters. The van der Waals surface area contributed by atoms with Crippen molar-refractivity contribution < 1.29 is 18.9 Å². The average molecular weight is 460 g/mol. The van der Waals surface area contributed by atoms with E-state index in [0.717, 1.165) is 18.6 Å². The van der Waals surface area contributed by atoms with Gasteiger partial charge in [-0.15, -0.1) is 0 Å². The summed E-state index contributed by atoms with van der Waals surface area (Å²) in [5, 5.41) is 20.9. The first-order valence-corrected chi connectivity index (χ1v) is 11.0. The zero-order chi connectivity index (χ0) is 22.6. The third-order valence-corrected chi connectivity index (χ3v) is 7.31. The molecule has 0 saturated heterocycles. The van der Waals surface area contributed by atoms with E-state index in [0.29, 0.717) is 48.2 Å². The minimum atomic E-state index is -0.851. The first-order valence-electron chi connectivity index (χ1n) is 10.7. The summed E-state index contributed by atoms with van der Waals surface area (Å²) in [6.07, 6.45) is 4.78. The highest BCUT2D eigenvalue weighted by Gasteiger charge is 2.54. The van der Waals surface area contributed by atoms with Crippen LogP contribution in [-0.2, 0) is 0 Å². The smallest absolute Gasteiger partial charge is 0.281 e. The number of hydrogen-bond acceptors (Lipinski definition) is 5. The molecule has 1 aliphatic heterocycles. The largest absolute Gasteiger partial charge is 0.382 e. The maximum Gasteiger partial charge on any atom is 0.281 e. The van der Waals surface area contributed by atoms with Crippen LogP contribution in [0, 0.1) is 17.7 Å². The van der Waals surface area contributed by atoms with E-state index in [2.05, 4.69) is 20.5 Å². The molecule has 0 bridgehead atoms. The maximum atomic E-state index is 13.4. The topological polar surface area (TPSA) is 119 Å². The number of aliphatic hydroxyl groups is 1. The highest BCUT2D eigenvalue weighted by molar-refractivity contribution is 6.31. The number of carbonyl (C=O) groups is 1. The summed E-state index contributed by atoms with van der Waals surface area (Å²) >= 11 is 5.82. The van der Waals surface area contributed by atoms with Gasteiger partial charge in [-0.05, 0) is 55.7 Å². The SMILES string of the molecule is C[N+]1=CN=C(C2(O)CC3CC(c4[nH]nc(N)c4C(=O)Nc4ccc(F)c(Cl)c4)CC3C2)C1. The fourth-order valence-electron chi connectivity index (χ4n) is 5.56. The zero-order valence-corrected chi connectivity index (χ0v) is 18.4. The second-order valence-electron chi connectivity index (χ2n) is 9.22. The molecule has 2 atom stereocenters. The third kappa shape index (κ3) is 3.59. The Kier molecular flexibility index (Phi) is 5.05. The number of nitrogens with two attached hydrogens (primary N) is 1. The van der Waals surface area contributed by atoms with Crippen molar-refractivity contribution in [3.8, 4) is 0 Å². The van der Waals surface area contributed by atoms with Crippen LogP contribution in [0.25, 0.3) is 0 Å². The molecule has 2 fully saturated rings. The van der Waals surface area contributed by atoms with Gasteiger partial charge in [0.2, 0.25) is 5.71 Å². The molecule has 1 aromatic heterocycles. The van der Waals surface area contributed by atoms with Gasteiger partial charge in [-0.3, -0.25) is 14.5 Å². The molecule has 8 nitrogen and oxygen atoms in total. The van der Waals surface area contributed by atoms with Crippen LogP contribution in [0.1, 0.15) is 47.7 Å². The van der Waals surface area contributed by atoms with Gasteiger partial charge in [0.25, 0.3) is 12.2 Å². The number of nitrogens with zero attached hydrogens (tertiary/aromatic N) is 3. The summed E-state index contributed by atoms with van der Waals surface area (Å²) in [6, 6.07) is 3.99. The van der Waals surface area contributed by atoms with Crippen LogP contribution >= 0.6 is 11.6 Å². The van der Waals surface area contributed by atoms with Crippen LogP contribution in [0.4, 0.5) is 15.9 Å². The fraction of sp³-hybridized carbons (Fsp3) is 0.455. The molecule has 0 spiro atoms.